The predicted octanol–water partition coefficient (Wildman–Crippen LogP) is 3.19. The Hall–Kier alpha value is -3.06. The Morgan fingerprint density at radius 1 is 1.18 bits per heavy atom. The molecular weight excluding hydrogens is 384 g/mol. The zero-order chi connectivity index (χ0) is 20.5. The molecule has 0 aliphatic carbocycles. The van der Waals surface area contributed by atoms with Gasteiger partial charge in [-0.3, -0.25) is 0 Å². The van der Waals surface area contributed by atoms with Gasteiger partial charge in [-0.2, -0.15) is 0 Å². The molecule has 0 fully saturated rings. The fourth-order valence-corrected chi connectivity index (χ4v) is 2.65. The van der Waals surface area contributed by atoms with E-state index < -0.39 is 24.0 Å². The van der Waals surface area contributed by atoms with Gasteiger partial charge in [0, 0.05) is 11.1 Å². The largest absolute Gasteiger partial charge is 0.463 e. The van der Waals surface area contributed by atoms with Crippen molar-refractivity contribution in [2.24, 2.45) is 0 Å². The molecule has 1 aromatic carbocycles. The van der Waals surface area contributed by atoms with Gasteiger partial charge in [-0.05, 0) is 31.5 Å². The number of nitrogens with one attached hydrogen (secondary N) is 2. The van der Waals surface area contributed by atoms with E-state index in [-0.39, 0.29) is 24.5 Å². The standard InChI is InChI=1S/C20H21ClN2O5/c1-3-5-6-7-16(24)28-12-15-17(19(25)27-4-2)18(23-20(26)22-15)13-8-10-14(21)11-9-13/h3,5-11,18H,4,12H2,1-2H3,(H2,22,23,26)/b5-3+,7-6+. The zero-order valence-electron chi connectivity index (χ0n) is 15.5. The van der Waals surface area contributed by atoms with Gasteiger partial charge < -0.3 is 20.1 Å². The average Bonchev–Trinajstić information content (AvgIpc) is 2.66. The van der Waals surface area contributed by atoms with Crippen molar-refractivity contribution in [1.29, 1.82) is 0 Å². The minimum absolute atomic E-state index is 0.156. The van der Waals surface area contributed by atoms with Crippen LogP contribution in [0.25, 0.3) is 0 Å². The maximum absolute atomic E-state index is 12.6. The summed E-state index contributed by atoms with van der Waals surface area (Å²) in [5.41, 5.74) is 0.961. The van der Waals surface area contributed by atoms with Crippen molar-refractivity contribution in [3.05, 3.63) is 70.4 Å². The third-order valence-electron chi connectivity index (χ3n) is 3.75. The van der Waals surface area contributed by atoms with Gasteiger partial charge in [-0.15, -0.1) is 0 Å². The number of carbonyl (C=O) groups is 3. The normalized spacial score (nSPS) is 16.8. The number of esters is 2. The molecule has 1 aromatic rings. The van der Waals surface area contributed by atoms with E-state index >= 15 is 0 Å². The predicted molar refractivity (Wildman–Crippen MR) is 104 cm³/mol. The number of urea groups is 1. The van der Waals surface area contributed by atoms with Gasteiger partial charge in [-0.1, -0.05) is 42.0 Å². The number of ether oxygens (including phenoxy) is 2. The van der Waals surface area contributed by atoms with Gasteiger partial charge in [0.05, 0.1) is 23.9 Å². The van der Waals surface area contributed by atoms with Crippen LogP contribution in [-0.2, 0) is 19.1 Å². The van der Waals surface area contributed by atoms with Crippen LogP contribution >= 0.6 is 11.6 Å². The Labute approximate surface area is 168 Å². The van der Waals surface area contributed by atoms with Gasteiger partial charge in [0.25, 0.3) is 0 Å². The SMILES string of the molecule is C/C=C/C=C/C(=O)OCC1=C(C(=O)OCC)C(c2ccc(Cl)cc2)NC(=O)N1. The highest BCUT2D eigenvalue weighted by Gasteiger charge is 2.34. The van der Waals surface area contributed by atoms with E-state index in [1.54, 1.807) is 43.3 Å². The molecule has 0 aromatic heterocycles. The molecule has 1 heterocycles. The molecular formula is C20H21ClN2O5. The van der Waals surface area contributed by atoms with Crippen LogP contribution < -0.4 is 10.6 Å². The molecule has 0 saturated carbocycles. The Bertz CT molecular complexity index is 828. The number of benzene rings is 1. The van der Waals surface area contributed by atoms with Crippen LogP contribution in [0, 0.1) is 0 Å². The molecule has 28 heavy (non-hydrogen) atoms. The van der Waals surface area contributed by atoms with Crippen LogP contribution in [0.3, 0.4) is 0 Å². The Morgan fingerprint density at radius 3 is 2.54 bits per heavy atom. The Morgan fingerprint density at radius 2 is 1.89 bits per heavy atom. The molecule has 0 radical (unpaired) electrons. The van der Waals surface area contributed by atoms with Crippen molar-refractivity contribution in [2.75, 3.05) is 13.2 Å². The first kappa shape index (κ1) is 21.2. The van der Waals surface area contributed by atoms with Crippen molar-refractivity contribution in [1.82, 2.24) is 10.6 Å². The second kappa shape index (κ2) is 10.3. The highest BCUT2D eigenvalue weighted by Crippen LogP contribution is 2.28. The third-order valence-corrected chi connectivity index (χ3v) is 4.00. The van der Waals surface area contributed by atoms with E-state index in [2.05, 4.69) is 10.6 Å². The first-order valence-electron chi connectivity index (χ1n) is 8.65. The Kier molecular flexibility index (Phi) is 7.83. The summed E-state index contributed by atoms with van der Waals surface area (Å²) in [7, 11) is 0. The quantitative estimate of drug-likeness (QED) is 0.413. The van der Waals surface area contributed by atoms with Crippen molar-refractivity contribution >= 4 is 29.6 Å². The second-order valence-corrected chi connectivity index (χ2v) is 6.12. The van der Waals surface area contributed by atoms with Crippen molar-refractivity contribution in [3.8, 4) is 0 Å². The lowest BCUT2D eigenvalue weighted by Gasteiger charge is -2.29. The highest BCUT2D eigenvalue weighted by atomic mass is 35.5. The summed E-state index contributed by atoms with van der Waals surface area (Å²) in [5.74, 6) is -1.23. The molecule has 0 spiro atoms. The fraction of sp³-hybridized carbons (Fsp3) is 0.250. The van der Waals surface area contributed by atoms with Crippen LogP contribution in [0.5, 0.6) is 0 Å². The lowest BCUT2D eigenvalue weighted by Crippen LogP contribution is -2.47. The molecule has 1 atom stereocenters. The number of halogens is 1. The minimum Gasteiger partial charge on any atom is -0.463 e. The van der Waals surface area contributed by atoms with E-state index in [9.17, 15) is 14.4 Å². The van der Waals surface area contributed by atoms with Crippen LogP contribution in [0.15, 0.2) is 59.8 Å². The zero-order valence-corrected chi connectivity index (χ0v) is 16.3. The van der Waals surface area contributed by atoms with Gasteiger partial charge >= 0.3 is 18.0 Å². The summed E-state index contributed by atoms with van der Waals surface area (Å²) in [6, 6.07) is 5.41. The summed E-state index contributed by atoms with van der Waals surface area (Å²) in [4.78, 5) is 36.5. The van der Waals surface area contributed by atoms with Gasteiger partial charge in [-0.25, -0.2) is 14.4 Å². The first-order valence-corrected chi connectivity index (χ1v) is 9.03. The van der Waals surface area contributed by atoms with E-state index in [1.165, 1.54) is 12.2 Å². The van der Waals surface area contributed by atoms with Crippen LogP contribution in [-0.4, -0.2) is 31.2 Å². The van der Waals surface area contributed by atoms with Crippen LogP contribution in [0.2, 0.25) is 5.02 Å². The molecule has 1 unspecified atom stereocenters. The van der Waals surface area contributed by atoms with E-state index in [4.69, 9.17) is 21.1 Å². The molecule has 0 saturated heterocycles. The highest BCUT2D eigenvalue weighted by molar-refractivity contribution is 6.30. The topological polar surface area (TPSA) is 93.7 Å². The third kappa shape index (κ3) is 5.72. The molecule has 1 aliphatic heterocycles. The number of carbonyl (C=O) groups excluding carboxylic acids is 3. The van der Waals surface area contributed by atoms with Crippen molar-refractivity contribution < 1.29 is 23.9 Å². The molecule has 7 nitrogen and oxygen atoms in total. The molecule has 2 rings (SSSR count). The van der Waals surface area contributed by atoms with Crippen LogP contribution in [0.1, 0.15) is 25.5 Å². The molecule has 2 amide bonds. The molecule has 148 valence electrons. The van der Waals surface area contributed by atoms with Gasteiger partial charge in [0.1, 0.15) is 6.61 Å². The summed E-state index contributed by atoms with van der Waals surface area (Å²) in [6.07, 6.45) is 6.20. The van der Waals surface area contributed by atoms with E-state index in [0.717, 1.165) is 0 Å². The van der Waals surface area contributed by atoms with Crippen LogP contribution in [0.4, 0.5) is 4.79 Å². The van der Waals surface area contributed by atoms with Gasteiger partial charge in [0.15, 0.2) is 0 Å². The number of rotatable bonds is 7. The Balaban J connectivity index is 2.34. The maximum atomic E-state index is 12.6. The van der Waals surface area contributed by atoms with Gasteiger partial charge in [0.2, 0.25) is 0 Å². The number of amides is 2. The fourth-order valence-electron chi connectivity index (χ4n) is 2.52. The average molecular weight is 405 g/mol. The lowest BCUT2D eigenvalue weighted by molar-refractivity contribution is -0.140. The maximum Gasteiger partial charge on any atom is 0.338 e. The summed E-state index contributed by atoms with van der Waals surface area (Å²) in [6.45, 7) is 3.36. The van der Waals surface area contributed by atoms with Crippen molar-refractivity contribution in [3.63, 3.8) is 0 Å². The van der Waals surface area contributed by atoms with E-state index in [1.807, 2.05) is 6.92 Å². The molecule has 0 bridgehead atoms. The second-order valence-electron chi connectivity index (χ2n) is 5.69. The number of allylic oxidation sites excluding steroid dienone is 3. The number of hydrogen-bond donors (Lipinski definition) is 2. The smallest absolute Gasteiger partial charge is 0.338 e. The monoisotopic (exact) mass is 404 g/mol. The van der Waals surface area contributed by atoms with E-state index in [0.29, 0.717) is 10.6 Å². The summed E-state index contributed by atoms with van der Waals surface area (Å²) >= 11 is 5.92. The summed E-state index contributed by atoms with van der Waals surface area (Å²) in [5, 5.41) is 5.73. The summed E-state index contributed by atoms with van der Waals surface area (Å²) < 4.78 is 10.3. The first-order chi connectivity index (χ1) is 13.5. The van der Waals surface area contributed by atoms with Crippen molar-refractivity contribution in [2.45, 2.75) is 19.9 Å². The minimum atomic E-state index is -0.766. The molecule has 2 N–H and O–H groups in total. The lowest BCUT2D eigenvalue weighted by atomic mass is 9.95. The molecule has 1 aliphatic rings. The number of hydrogen-bond acceptors (Lipinski definition) is 5. The molecule has 8 heteroatoms.